The molecule has 0 spiro atoms. The molecule has 0 aromatic heterocycles. The van der Waals surface area contributed by atoms with E-state index in [1.165, 1.54) is 109 Å². The molecule has 0 bridgehead atoms. The highest BCUT2D eigenvalue weighted by Crippen LogP contribution is 2.13. The molecule has 0 fully saturated rings. The first-order chi connectivity index (χ1) is 14.1. The molecule has 0 aromatic carbocycles. The molecule has 0 atom stereocenters. The van der Waals surface area contributed by atoms with Gasteiger partial charge >= 0.3 is 0 Å². The average Bonchev–Trinajstić information content (AvgIpc) is 2.71. The van der Waals surface area contributed by atoms with Crippen molar-refractivity contribution >= 4 is 9.84 Å². The van der Waals surface area contributed by atoms with Gasteiger partial charge in [-0.05, 0) is 6.42 Å². The van der Waals surface area contributed by atoms with Crippen molar-refractivity contribution in [2.24, 2.45) is 0 Å². The van der Waals surface area contributed by atoms with Gasteiger partial charge in [0.25, 0.3) is 0 Å². The second-order valence-electron chi connectivity index (χ2n) is 8.10. The first-order valence-electron chi connectivity index (χ1n) is 12.1. The van der Waals surface area contributed by atoms with Gasteiger partial charge < -0.3 is 9.47 Å². The van der Waals surface area contributed by atoms with Gasteiger partial charge in [0, 0.05) is 6.61 Å². The molecule has 0 N–H and O–H groups in total. The largest absolute Gasteiger partial charge is 0.498 e. The van der Waals surface area contributed by atoms with Crippen LogP contribution in [0, 0.1) is 0 Å². The molecule has 5 heteroatoms. The fourth-order valence-corrected chi connectivity index (χ4v) is 4.08. The number of hydrogen-bond acceptors (Lipinski definition) is 4. The van der Waals surface area contributed by atoms with Crippen molar-refractivity contribution in [1.29, 1.82) is 0 Å². The lowest BCUT2D eigenvalue weighted by molar-refractivity contribution is 0.111. The van der Waals surface area contributed by atoms with Crippen molar-refractivity contribution < 1.29 is 17.9 Å². The van der Waals surface area contributed by atoms with Crippen molar-refractivity contribution in [1.82, 2.24) is 0 Å². The molecule has 0 radical (unpaired) electrons. The van der Waals surface area contributed by atoms with Crippen molar-refractivity contribution in [2.45, 2.75) is 117 Å². The molecule has 0 saturated carbocycles. The van der Waals surface area contributed by atoms with Gasteiger partial charge in [0.1, 0.15) is 12.4 Å². The van der Waals surface area contributed by atoms with Gasteiger partial charge in [-0.3, -0.25) is 0 Å². The fourth-order valence-electron chi connectivity index (χ4n) is 3.35. The van der Waals surface area contributed by atoms with Gasteiger partial charge in [0.05, 0.1) is 18.3 Å². The van der Waals surface area contributed by atoms with Gasteiger partial charge in [0.15, 0.2) is 9.84 Å². The van der Waals surface area contributed by atoms with Crippen LogP contribution in [0.3, 0.4) is 0 Å². The Bertz CT molecular complexity index is 471. The number of ether oxygens (including phenoxy) is 2. The molecular formula is C24H48O4S. The van der Waals surface area contributed by atoms with Crippen LogP contribution in [-0.2, 0) is 19.3 Å². The Hall–Kier alpha value is -0.550. The SMILES string of the molecule is CCCCCCCCCCCCCCCCCCOCC(=CS(=O)(=O)CC)OC. The first kappa shape index (κ1) is 28.5. The van der Waals surface area contributed by atoms with Crippen LogP contribution in [0.15, 0.2) is 11.2 Å². The Morgan fingerprint density at radius 2 is 1.10 bits per heavy atom. The quantitative estimate of drug-likeness (QED) is 0.134. The van der Waals surface area contributed by atoms with Gasteiger partial charge in [-0.2, -0.15) is 0 Å². The summed E-state index contributed by atoms with van der Waals surface area (Å²) in [6, 6.07) is 0. The molecule has 0 aliphatic heterocycles. The molecule has 29 heavy (non-hydrogen) atoms. The predicted octanol–water partition coefficient (Wildman–Crippen LogP) is 7.19. The molecule has 0 aliphatic rings. The lowest BCUT2D eigenvalue weighted by Gasteiger charge is -2.08. The second kappa shape index (κ2) is 20.7. The summed E-state index contributed by atoms with van der Waals surface area (Å²) in [5.74, 6) is 0.460. The summed E-state index contributed by atoms with van der Waals surface area (Å²) >= 11 is 0. The van der Waals surface area contributed by atoms with E-state index < -0.39 is 9.84 Å². The third-order valence-corrected chi connectivity index (χ3v) is 6.79. The highest BCUT2D eigenvalue weighted by molar-refractivity contribution is 7.94. The summed E-state index contributed by atoms with van der Waals surface area (Å²) in [5, 5.41) is 1.18. The standard InChI is InChI=1S/C24H48O4S/c1-4-6-7-8-9-10-11-12-13-14-15-16-17-18-19-20-21-28-22-24(27-3)23-29(25,26)5-2/h23H,4-22H2,1-3H3. The van der Waals surface area contributed by atoms with Crippen LogP contribution in [0.1, 0.15) is 117 Å². The molecule has 0 amide bonds. The Morgan fingerprint density at radius 3 is 1.48 bits per heavy atom. The van der Waals surface area contributed by atoms with Crippen molar-refractivity contribution in [3.63, 3.8) is 0 Å². The predicted molar refractivity (Wildman–Crippen MR) is 125 cm³/mol. The lowest BCUT2D eigenvalue weighted by Crippen LogP contribution is -2.06. The molecule has 0 saturated heterocycles. The van der Waals surface area contributed by atoms with Crippen LogP contribution in [0.5, 0.6) is 0 Å². The minimum absolute atomic E-state index is 0.0823. The molecule has 0 aliphatic carbocycles. The topological polar surface area (TPSA) is 52.6 Å². The maximum atomic E-state index is 11.5. The summed E-state index contributed by atoms with van der Waals surface area (Å²) in [7, 11) is -1.69. The normalized spacial score (nSPS) is 12.4. The monoisotopic (exact) mass is 432 g/mol. The van der Waals surface area contributed by atoms with Crippen molar-refractivity contribution in [3.8, 4) is 0 Å². The summed E-state index contributed by atoms with van der Waals surface area (Å²) in [6.07, 6.45) is 21.6. The zero-order valence-corrected chi connectivity index (χ0v) is 20.4. The zero-order chi connectivity index (χ0) is 21.6. The molecule has 0 heterocycles. The smallest absolute Gasteiger partial charge is 0.174 e. The average molecular weight is 433 g/mol. The van der Waals surface area contributed by atoms with E-state index in [1.807, 2.05) is 0 Å². The zero-order valence-electron chi connectivity index (χ0n) is 19.6. The van der Waals surface area contributed by atoms with Gasteiger partial charge in [-0.1, -0.05) is 110 Å². The summed E-state index contributed by atoms with van der Waals surface area (Å²) in [4.78, 5) is 0. The second-order valence-corrected chi connectivity index (χ2v) is 10.2. The van der Waals surface area contributed by atoms with Gasteiger partial charge in [-0.15, -0.1) is 0 Å². The van der Waals surface area contributed by atoms with E-state index in [-0.39, 0.29) is 12.4 Å². The van der Waals surface area contributed by atoms with E-state index in [2.05, 4.69) is 6.92 Å². The molecular weight excluding hydrogens is 384 g/mol. The van der Waals surface area contributed by atoms with Crippen LogP contribution in [-0.4, -0.2) is 34.5 Å². The Labute approximate surface area is 181 Å². The first-order valence-corrected chi connectivity index (χ1v) is 13.8. The van der Waals surface area contributed by atoms with Crippen molar-refractivity contribution in [2.75, 3.05) is 26.1 Å². The third-order valence-electron chi connectivity index (χ3n) is 5.36. The fraction of sp³-hybridized carbons (Fsp3) is 0.917. The van der Waals surface area contributed by atoms with E-state index in [0.717, 1.165) is 6.42 Å². The molecule has 0 unspecified atom stereocenters. The van der Waals surface area contributed by atoms with Crippen LogP contribution in [0.4, 0.5) is 0 Å². The Morgan fingerprint density at radius 1 is 0.690 bits per heavy atom. The summed E-state index contributed by atoms with van der Waals surface area (Å²) in [6.45, 7) is 4.79. The van der Waals surface area contributed by atoms with E-state index in [0.29, 0.717) is 12.4 Å². The number of unbranched alkanes of at least 4 members (excludes halogenated alkanes) is 15. The van der Waals surface area contributed by atoms with E-state index in [4.69, 9.17) is 9.47 Å². The number of hydrogen-bond donors (Lipinski definition) is 0. The van der Waals surface area contributed by atoms with E-state index >= 15 is 0 Å². The van der Waals surface area contributed by atoms with Gasteiger partial charge in [0.2, 0.25) is 0 Å². The summed E-state index contributed by atoms with van der Waals surface area (Å²) < 4.78 is 33.7. The number of methoxy groups -OCH3 is 1. The third kappa shape index (κ3) is 20.5. The maximum Gasteiger partial charge on any atom is 0.174 e. The molecule has 174 valence electrons. The highest BCUT2D eigenvalue weighted by Gasteiger charge is 2.07. The highest BCUT2D eigenvalue weighted by atomic mass is 32.2. The number of rotatable bonds is 22. The minimum Gasteiger partial charge on any atom is -0.498 e. The molecule has 0 aromatic rings. The van der Waals surface area contributed by atoms with Crippen LogP contribution in [0.2, 0.25) is 0 Å². The summed E-state index contributed by atoms with van der Waals surface area (Å²) in [5.41, 5.74) is 0. The Balaban J connectivity index is 3.33. The van der Waals surface area contributed by atoms with Crippen LogP contribution in [0.25, 0.3) is 0 Å². The van der Waals surface area contributed by atoms with Gasteiger partial charge in [-0.25, -0.2) is 8.42 Å². The van der Waals surface area contributed by atoms with Crippen LogP contribution >= 0.6 is 0 Å². The maximum absolute atomic E-state index is 11.5. The minimum atomic E-state index is -3.17. The molecule has 4 nitrogen and oxygen atoms in total. The lowest BCUT2D eigenvalue weighted by atomic mass is 10.0. The van der Waals surface area contributed by atoms with E-state index in [1.54, 1.807) is 6.92 Å². The Kier molecular flexibility index (Phi) is 20.3. The molecule has 0 rings (SSSR count). The number of sulfone groups is 1. The van der Waals surface area contributed by atoms with Crippen LogP contribution < -0.4 is 0 Å². The van der Waals surface area contributed by atoms with Crippen molar-refractivity contribution in [3.05, 3.63) is 11.2 Å². The van der Waals surface area contributed by atoms with E-state index in [9.17, 15) is 8.42 Å².